The van der Waals surface area contributed by atoms with Gasteiger partial charge in [0.25, 0.3) is 0 Å². The minimum absolute atomic E-state index is 0.119. The summed E-state index contributed by atoms with van der Waals surface area (Å²) in [5, 5.41) is 14.6. The molecule has 3 aromatic rings. The average molecular weight is 480 g/mol. The molecule has 0 saturated carbocycles. The highest BCUT2D eigenvalue weighted by Gasteiger charge is 2.31. The number of aromatic nitrogens is 3. The van der Waals surface area contributed by atoms with Gasteiger partial charge in [0.1, 0.15) is 0 Å². The molecule has 1 aromatic carbocycles. The molecule has 9 heteroatoms. The van der Waals surface area contributed by atoms with E-state index in [9.17, 15) is 13.2 Å². The number of carbonyl (C=O) groups is 1. The van der Waals surface area contributed by atoms with Crippen LogP contribution in [0.3, 0.4) is 0 Å². The zero-order valence-corrected chi connectivity index (χ0v) is 20.5. The Bertz CT molecular complexity index is 1410. The Kier molecular flexibility index (Phi) is 6.62. The highest BCUT2D eigenvalue weighted by molar-refractivity contribution is 7.91. The van der Waals surface area contributed by atoms with Crippen molar-refractivity contribution in [3.63, 3.8) is 0 Å². The zero-order chi connectivity index (χ0) is 24.5. The number of nitriles is 1. The molecule has 34 heavy (non-hydrogen) atoms. The van der Waals surface area contributed by atoms with E-state index in [1.165, 1.54) is 0 Å². The van der Waals surface area contributed by atoms with E-state index in [4.69, 9.17) is 5.26 Å². The number of likely N-dealkylation sites (N-methyl/N-ethyl adjacent to an activating group) is 1. The van der Waals surface area contributed by atoms with Gasteiger partial charge in [-0.2, -0.15) is 10.4 Å². The molecule has 1 aliphatic rings. The number of carbonyl (C=O) groups excluding carboxylic acids is 1. The van der Waals surface area contributed by atoms with Crippen molar-refractivity contribution in [1.29, 1.82) is 5.26 Å². The van der Waals surface area contributed by atoms with Crippen molar-refractivity contribution in [2.24, 2.45) is 0 Å². The maximum atomic E-state index is 12.9. The molecule has 1 aliphatic heterocycles. The second-order valence-electron chi connectivity index (χ2n) is 8.88. The lowest BCUT2D eigenvalue weighted by atomic mass is 10.1. The first-order chi connectivity index (χ1) is 16.2. The standard InChI is InChI=1S/C25H29N5O3S/c1-18-23(19(2)30(27-18)21-11-14-34(32,33)17-21)16-28(3)25(31)10-9-20-15-29(13-6-12-26)24-8-5-4-7-22(20)24/h4-5,7-10,15,21H,6,11,13-14,16-17H2,1-3H3/b10-9+. The first kappa shape index (κ1) is 23.8. The average Bonchev–Trinajstić information content (AvgIpc) is 3.44. The topological polar surface area (TPSA) is 101 Å². The predicted molar refractivity (Wildman–Crippen MR) is 132 cm³/mol. The maximum Gasteiger partial charge on any atom is 0.246 e. The number of aryl methyl sites for hydroxylation is 2. The maximum absolute atomic E-state index is 12.9. The van der Waals surface area contributed by atoms with Crippen LogP contribution in [0.15, 0.2) is 36.5 Å². The molecule has 4 rings (SSSR count). The summed E-state index contributed by atoms with van der Waals surface area (Å²) in [5.41, 5.74) is 4.63. The molecule has 1 fully saturated rings. The Morgan fingerprint density at radius 1 is 1.32 bits per heavy atom. The molecule has 0 aliphatic carbocycles. The summed E-state index contributed by atoms with van der Waals surface area (Å²) in [7, 11) is -1.26. The van der Waals surface area contributed by atoms with Crippen LogP contribution in [-0.4, -0.2) is 52.1 Å². The van der Waals surface area contributed by atoms with Crippen molar-refractivity contribution in [2.75, 3.05) is 18.6 Å². The lowest BCUT2D eigenvalue weighted by Gasteiger charge is -2.16. The predicted octanol–water partition coefficient (Wildman–Crippen LogP) is 3.40. The van der Waals surface area contributed by atoms with Crippen molar-refractivity contribution in [2.45, 2.75) is 45.8 Å². The molecule has 2 aromatic heterocycles. The van der Waals surface area contributed by atoms with Crippen LogP contribution in [0.2, 0.25) is 0 Å². The second-order valence-corrected chi connectivity index (χ2v) is 11.1. The minimum atomic E-state index is -3.01. The monoisotopic (exact) mass is 479 g/mol. The van der Waals surface area contributed by atoms with E-state index >= 15 is 0 Å². The molecule has 1 amide bonds. The fourth-order valence-corrected chi connectivity index (χ4v) is 6.31. The second kappa shape index (κ2) is 9.47. The van der Waals surface area contributed by atoms with Crippen LogP contribution >= 0.6 is 0 Å². The zero-order valence-electron chi connectivity index (χ0n) is 19.7. The Hall–Kier alpha value is -3.38. The molecule has 178 valence electrons. The van der Waals surface area contributed by atoms with Gasteiger partial charge in [-0.3, -0.25) is 9.48 Å². The summed E-state index contributed by atoms with van der Waals surface area (Å²) in [5.74, 6) is 0.179. The molecule has 1 saturated heterocycles. The number of para-hydroxylation sites is 1. The van der Waals surface area contributed by atoms with E-state index in [2.05, 4.69) is 11.2 Å². The lowest BCUT2D eigenvalue weighted by Crippen LogP contribution is -2.24. The number of benzene rings is 1. The van der Waals surface area contributed by atoms with E-state index in [0.717, 1.165) is 33.4 Å². The quantitative estimate of drug-likeness (QED) is 0.484. The Balaban J connectivity index is 1.50. The molecule has 0 radical (unpaired) electrons. The van der Waals surface area contributed by atoms with Gasteiger partial charge in [-0.25, -0.2) is 8.42 Å². The summed E-state index contributed by atoms with van der Waals surface area (Å²) in [6, 6.07) is 9.97. The SMILES string of the molecule is Cc1nn(C2CCS(=O)(=O)C2)c(C)c1CN(C)C(=O)/C=C/c1cn(CCC#N)c2ccccc12. The molecule has 8 nitrogen and oxygen atoms in total. The van der Waals surface area contributed by atoms with Gasteiger partial charge in [0, 0.05) is 60.1 Å². The summed E-state index contributed by atoms with van der Waals surface area (Å²) in [6.45, 7) is 4.82. The lowest BCUT2D eigenvalue weighted by molar-refractivity contribution is -0.125. The van der Waals surface area contributed by atoms with Gasteiger partial charge < -0.3 is 9.47 Å². The van der Waals surface area contributed by atoms with Crippen LogP contribution in [0.25, 0.3) is 17.0 Å². The van der Waals surface area contributed by atoms with Crippen molar-refractivity contribution < 1.29 is 13.2 Å². The fourth-order valence-electron chi connectivity index (χ4n) is 4.62. The van der Waals surface area contributed by atoms with Gasteiger partial charge >= 0.3 is 0 Å². The van der Waals surface area contributed by atoms with Crippen LogP contribution < -0.4 is 0 Å². The number of sulfone groups is 1. The molecule has 0 spiro atoms. The number of hydrogen-bond acceptors (Lipinski definition) is 5. The van der Waals surface area contributed by atoms with E-state index in [0.29, 0.717) is 25.9 Å². The van der Waals surface area contributed by atoms with E-state index in [1.54, 1.807) is 18.0 Å². The number of hydrogen-bond donors (Lipinski definition) is 0. The van der Waals surface area contributed by atoms with Crippen molar-refractivity contribution in [3.05, 3.63) is 59.1 Å². The smallest absolute Gasteiger partial charge is 0.246 e. The third kappa shape index (κ3) is 4.77. The van der Waals surface area contributed by atoms with Crippen molar-refractivity contribution in [1.82, 2.24) is 19.2 Å². The van der Waals surface area contributed by atoms with Crippen LogP contribution in [-0.2, 0) is 27.7 Å². The molecule has 1 atom stereocenters. The molecule has 1 unspecified atom stereocenters. The van der Waals surface area contributed by atoms with E-state index in [1.807, 2.05) is 59.6 Å². The molecular weight excluding hydrogens is 450 g/mol. The highest BCUT2D eigenvalue weighted by atomic mass is 32.2. The summed E-state index contributed by atoms with van der Waals surface area (Å²) in [6.07, 6.45) is 6.34. The summed E-state index contributed by atoms with van der Waals surface area (Å²) in [4.78, 5) is 14.5. The van der Waals surface area contributed by atoms with Gasteiger partial charge in [0.15, 0.2) is 9.84 Å². The Morgan fingerprint density at radius 3 is 2.79 bits per heavy atom. The minimum Gasteiger partial charge on any atom is -0.346 e. The third-order valence-electron chi connectivity index (χ3n) is 6.49. The molecular formula is C25H29N5O3S. The number of rotatable bonds is 7. The van der Waals surface area contributed by atoms with Crippen molar-refractivity contribution >= 4 is 32.7 Å². The van der Waals surface area contributed by atoms with E-state index < -0.39 is 9.84 Å². The van der Waals surface area contributed by atoms with E-state index in [-0.39, 0.29) is 23.5 Å². The normalized spacial score (nSPS) is 17.4. The largest absolute Gasteiger partial charge is 0.346 e. The van der Waals surface area contributed by atoms with Crippen LogP contribution in [0.4, 0.5) is 0 Å². The molecule has 3 heterocycles. The van der Waals surface area contributed by atoms with Gasteiger partial charge in [0.05, 0.1) is 35.7 Å². The molecule has 0 N–H and O–H groups in total. The number of amides is 1. The van der Waals surface area contributed by atoms with Crippen LogP contribution in [0, 0.1) is 25.2 Å². The third-order valence-corrected chi connectivity index (χ3v) is 8.24. The first-order valence-electron chi connectivity index (χ1n) is 11.3. The van der Waals surface area contributed by atoms with Gasteiger partial charge in [0.2, 0.25) is 5.91 Å². The highest BCUT2D eigenvalue weighted by Crippen LogP contribution is 2.27. The fraction of sp³-hybridized carbons (Fsp3) is 0.400. The van der Waals surface area contributed by atoms with Crippen LogP contribution in [0.1, 0.15) is 41.4 Å². The van der Waals surface area contributed by atoms with Gasteiger partial charge in [-0.1, -0.05) is 18.2 Å². The Morgan fingerprint density at radius 2 is 2.09 bits per heavy atom. The molecule has 0 bridgehead atoms. The Labute approximate surface area is 200 Å². The van der Waals surface area contributed by atoms with Gasteiger partial charge in [-0.05, 0) is 32.4 Å². The first-order valence-corrected chi connectivity index (χ1v) is 13.2. The summed E-state index contributed by atoms with van der Waals surface area (Å²) >= 11 is 0. The summed E-state index contributed by atoms with van der Waals surface area (Å²) < 4.78 is 27.6. The van der Waals surface area contributed by atoms with Crippen molar-refractivity contribution in [3.8, 4) is 6.07 Å². The van der Waals surface area contributed by atoms with Crippen LogP contribution in [0.5, 0.6) is 0 Å². The number of nitrogens with zero attached hydrogens (tertiary/aromatic N) is 5. The van der Waals surface area contributed by atoms with Gasteiger partial charge in [-0.15, -0.1) is 0 Å². The number of fused-ring (bicyclic) bond motifs is 1.